The second kappa shape index (κ2) is 3.77. The summed E-state index contributed by atoms with van der Waals surface area (Å²) in [7, 11) is 0. The molecule has 4 heteroatoms. The summed E-state index contributed by atoms with van der Waals surface area (Å²) in [6, 6.07) is 0. The van der Waals surface area contributed by atoms with E-state index in [4.69, 9.17) is 10.2 Å². The molecule has 0 aromatic heterocycles. The standard InChI is InChI=1S/C9H14O4/c1-5-2-6(8(10)11)4-7(3-5)9(12)13/h5-7H,2-4H2,1H3,(H,10,11)(H,12,13). The third-order valence-corrected chi connectivity index (χ3v) is 2.64. The predicted octanol–water partition coefficient (Wildman–Crippen LogP) is 1.21. The Kier molecular flexibility index (Phi) is 2.90. The van der Waals surface area contributed by atoms with Crippen LogP contribution in [0.4, 0.5) is 0 Å². The van der Waals surface area contributed by atoms with Gasteiger partial charge in [0.05, 0.1) is 11.8 Å². The van der Waals surface area contributed by atoms with Crippen molar-refractivity contribution < 1.29 is 19.8 Å². The van der Waals surface area contributed by atoms with Gasteiger partial charge in [0.1, 0.15) is 0 Å². The van der Waals surface area contributed by atoms with Gasteiger partial charge in [-0.1, -0.05) is 6.92 Å². The van der Waals surface area contributed by atoms with E-state index in [0.717, 1.165) is 0 Å². The molecule has 2 N–H and O–H groups in total. The fourth-order valence-electron chi connectivity index (χ4n) is 2.01. The molecule has 1 aliphatic carbocycles. The van der Waals surface area contributed by atoms with Crippen molar-refractivity contribution in [3.05, 3.63) is 0 Å². The maximum atomic E-state index is 10.7. The maximum Gasteiger partial charge on any atom is 0.306 e. The summed E-state index contributed by atoms with van der Waals surface area (Å²) in [6.45, 7) is 1.91. The molecule has 0 aromatic carbocycles. The van der Waals surface area contributed by atoms with Gasteiger partial charge in [0, 0.05) is 0 Å². The molecule has 1 fully saturated rings. The molecule has 0 radical (unpaired) electrons. The average Bonchev–Trinajstić information content (AvgIpc) is 2.03. The van der Waals surface area contributed by atoms with Crippen molar-refractivity contribution in [1.29, 1.82) is 0 Å². The number of rotatable bonds is 2. The Labute approximate surface area is 76.6 Å². The summed E-state index contributed by atoms with van der Waals surface area (Å²) in [5.74, 6) is -2.46. The number of carboxylic acids is 2. The van der Waals surface area contributed by atoms with E-state index in [2.05, 4.69) is 0 Å². The van der Waals surface area contributed by atoms with Crippen molar-refractivity contribution in [2.24, 2.45) is 17.8 Å². The van der Waals surface area contributed by atoms with Crippen LogP contribution in [0.25, 0.3) is 0 Å². The molecule has 0 aliphatic heterocycles. The highest BCUT2D eigenvalue weighted by molar-refractivity contribution is 5.74. The van der Waals surface area contributed by atoms with Crippen LogP contribution in [0.15, 0.2) is 0 Å². The number of carboxylic acid groups (broad SMARTS) is 2. The minimum Gasteiger partial charge on any atom is -0.481 e. The lowest BCUT2D eigenvalue weighted by atomic mass is 9.76. The minimum atomic E-state index is -0.863. The van der Waals surface area contributed by atoms with Crippen molar-refractivity contribution in [2.45, 2.75) is 26.2 Å². The van der Waals surface area contributed by atoms with Crippen LogP contribution in [-0.2, 0) is 9.59 Å². The first kappa shape index (κ1) is 10.0. The first-order chi connectivity index (χ1) is 6.00. The Balaban J connectivity index is 2.62. The van der Waals surface area contributed by atoms with E-state index in [1.54, 1.807) is 0 Å². The normalized spacial score (nSPS) is 34.1. The van der Waals surface area contributed by atoms with Gasteiger partial charge in [0.2, 0.25) is 0 Å². The second-order valence-corrected chi connectivity index (χ2v) is 3.88. The molecule has 1 saturated carbocycles. The molecule has 0 saturated heterocycles. The molecular weight excluding hydrogens is 172 g/mol. The highest BCUT2D eigenvalue weighted by Crippen LogP contribution is 2.33. The molecule has 2 atom stereocenters. The molecular formula is C9H14O4. The quantitative estimate of drug-likeness (QED) is 0.679. The van der Waals surface area contributed by atoms with Crippen LogP contribution >= 0.6 is 0 Å². The smallest absolute Gasteiger partial charge is 0.306 e. The summed E-state index contributed by atoms with van der Waals surface area (Å²) < 4.78 is 0. The van der Waals surface area contributed by atoms with E-state index in [-0.39, 0.29) is 12.3 Å². The summed E-state index contributed by atoms with van der Waals surface area (Å²) in [6.07, 6.45) is 1.51. The zero-order valence-electron chi connectivity index (χ0n) is 7.56. The third kappa shape index (κ3) is 2.44. The van der Waals surface area contributed by atoms with Crippen molar-refractivity contribution >= 4 is 11.9 Å². The first-order valence-electron chi connectivity index (χ1n) is 4.46. The van der Waals surface area contributed by atoms with Crippen LogP contribution in [0.3, 0.4) is 0 Å². The molecule has 1 aliphatic rings. The van der Waals surface area contributed by atoms with Crippen LogP contribution in [-0.4, -0.2) is 22.2 Å². The maximum absolute atomic E-state index is 10.7. The average molecular weight is 186 g/mol. The molecule has 0 amide bonds. The molecule has 0 heterocycles. The SMILES string of the molecule is CC1CC(C(=O)O)CC(C(=O)O)C1. The highest BCUT2D eigenvalue weighted by atomic mass is 16.4. The van der Waals surface area contributed by atoms with E-state index >= 15 is 0 Å². The van der Waals surface area contributed by atoms with E-state index in [0.29, 0.717) is 12.8 Å². The molecule has 0 bridgehead atoms. The Bertz CT molecular complexity index is 202. The molecule has 1 rings (SSSR count). The van der Waals surface area contributed by atoms with E-state index in [1.807, 2.05) is 6.92 Å². The molecule has 0 aromatic rings. The number of aliphatic carboxylic acids is 2. The van der Waals surface area contributed by atoms with Crippen LogP contribution in [0.5, 0.6) is 0 Å². The van der Waals surface area contributed by atoms with E-state index < -0.39 is 23.8 Å². The zero-order chi connectivity index (χ0) is 10.0. The third-order valence-electron chi connectivity index (χ3n) is 2.64. The van der Waals surface area contributed by atoms with Crippen molar-refractivity contribution in [3.63, 3.8) is 0 Å². The Morgan fingerprint density at radius 2 is 1.38 bits per heavy atom. The summed E-state index contributed by atoms with van der Waals surface area (Å²) in [4.78, 5) is 21.4. The lowest BCUT2D eigenvalue weighted by molar-refractivity contribution is -0.148. The highest BCUT2D eigenvalue weighted by Gasteiger charge is 2.34. The van der Waals surface area contributed by atoms with E-state index in [1.165, 1.54) is 0 Å². The van der Waals surface area contributed by atoms with Gasteiger partial charge in [0.15, 0.2) is 0 Å². The Morgan fingerprint density at radius 3 is 1.69 bits per heavy atom. The molecule has 4 nitrogen and oxygen atoms in total. The van der Waals surface area contributed by atoms with Crippen molar-refractivity contribution in [1.82, 2.24) is 0 Å². The van der Waals surface area contributed by atoms with Gasteiger partial charge in [-0.3, -0.25) is 9.59 Å². The topological polar surface area (TPSA) is 74.6 Å². The Morgan fingerprint density at radius 1 is 1.00 bits per heavy atom. The number of hydrogen-bond donors (Lipinski definition) is 2. The lowest BCUT2D eigenvalue weighted by Gasteiger charge is -2.28. The summed E-state index contributed by atoms with van der Waals surface area (Å²) in [5.41, 5.74) is 0. The second-order valence-electron chi connectivity index (χ2n) is 3.88. The van der Waals surface area contributed by atoms with Crippen LogP contribution < -0.4 is 0 Å². The Hall–Kier alpha value is -1.06. The van der Waals surface area contributed by atoms with Gasteiger partial charge < -0.3 is 10.2 Å². The molecule has 13 heavy (non-hydrogen) atoms. The predicted molar refractivity (Wildman–Crippen MR) is 45.3 cm³/mol. The van der Waals surface area contributed by atoms with Crippen molar-refractivity contribution in [3.8, 4) is 0 Å². The number of carbonyl (C=O) groups is 2. The van der Waals surface area contributed by atoms with Gasteiger partial charge >= 0.3 is 11.9 Å². The van der Waals surface area contributed by atoms with Gasteiger partial charge in [-0.05, 0) is 25.2 Å². The minimum absolute atomic E-state index is 0.205. The molecule has 74 valence electrons. The van der Waals surface area contributed by atoms with Crippen LogP contribution in [0, 0.1) is 17.8 Å². The zero-order valence-corrected chi connectivity index (χ0v) is 7.56. The molecule has 0 spiro atoms. The van der Waals surface area contributed by atoms with Gasteiger partial charge in [0.25, 0.3) is 0 Å². The fraction of sp³-hybridized carbons (Fsp3) is 0.778. The van der Waals surface area contributed by atoms with Crippen LogP contribution in [0.1, 0.15) is 26.2 Å². The van der Waals surface area contributed by atoms with Gasteiger partial charge in [-0.25, -0.2) is 0 Å². The van der Waals surface area contributed by atoms with Crippen molar-refractivity contribution in [2.75, 3.05) is 0 Å². The molecule has 2 unspecified atom stereocenters. The summed E-state index contributed by atoms with van der Waals surface area (Å²) in [5, 5.41) is 17.5. The fourth-order valence-corrected chi connectivity index (χ4v) is 2.01. The number of hydrogen-bond acceptors (Lipinski definition) is 2. The lowest BCUT2D eigenvalue weighted by Crippen LogP contribution is -2.30. The monoisotopic (exact) mass is 186 g/mol. The first-order valence-corrected chi connectivity index (χ1v) is 4.46. The van der Waals surface area contributed by atoms with Gasteiger partial charge in [-0.2, -0.15) is 0 Å². The largest absolute Gasteiger partial charge is 0.481 e. The van der Waals surface area contributed by atoms with Crippen LogP contribution in [0.2, 0.25) is 0 Å². The van der Waals surface area contributed by atoms with Gasteiger partial charge in [-0.15, -0.1) is 0 Å². The van der Waals surface area contributed by atoms with E-state index in [9.17, 15) is 9.59 Å². The summed E-state index contributed by atoms with van der Waals surface area (Å²) >= 11 is 0.